The van der Waals surface area contributed by atoms with Crippen molar-refractivity contribution >= 4 is 56.3 Å². The lowest BCUT2D eigenvalue weighted by Gasteiger charge is -2.27. The first-order chi connectivity index (χ1) is 7.56. The lowest BCUT2D eigenvalue weighted by molar-refractivity contribution is 0.535. The van der Waals surface area contributed by atoms with E-state index in [-0.39, 0.29) is 5.41 Å². The minimum absolute atomic E-state index is 0.0825. The monoisotopic (exact) mass is 477 g/mol. The summed E-state index contributed by atoms with van der Waals surface area (Å²) in [7, 11) is 0. The number of hydrogen-bond acceptors (Lipinski definition) is 2. The Kier molecular flexibility index (Phi) is 5.05. The van der Waals surface area contributed by atoms with Crippen LogP contribution in [0.5, 0.6) is 0 Å². The summed E-state index contributed by atoms with van der Waals surface area (Å²) in [6.45, 7) is 8.40. The first-order valence-electron chi connectivity index (χ1n) is 5.15. The van der Waals surface area contributed by atoms with Gasteiger partial charge in [0.1, 0.15) is 0 Å². The molecular weight excluding hydrogens is 462 g/mol. The number of rotatable bonds is 2. The molecular formula is C12H15I2O2S-. The van der Waals surface area contributed by atoms with Crippen molar-refractivity contribution in [1.29, 1.82) is 0 Å². The van der Waals surface area contributed by atoms with E-state index in [1.165, 1.54) is 5.56 Å². The molecule has 2 nitrogen and oxygen atoms in total. The molecule has 0 bridgehead atoms. The van der Waals surface area contributed by atoms with Crippen LogP contribution in [-0.4, -0.2) is 8.76 Å². The topological polar surface area (TPSA) is 40.1 Å². The van der Waals surface area contributed by atoms with Crippen molar-refractivity contribution in [1.82, 2.24) is 0 Å². The third-order valence-electron chi connectivity index (χ3n) is 2.62. The van der Waals surface area contributed by atoms with Crippen LogP contribution in [0.1, 0.15) is 37.5 Å². The van der Waals surface area contributed by atoms with Crippen LogP contribution in [-0.2, 0) is 17.3 Å². The van der Waals surface area contributed by atoms with Gasteiger partial charge >= 0.3 is 0 Å². The molecule has 0 fully saturated rings. The highest BCUT2D eigenvalue weighted by molar-refractivity contribution is 14.2. The highest BCUT2D eigenvalue weighted by Crippen LogP contribution is 2.44. The molecule has 0 radical (unpaired) electrons. The molecule has 0 heterocycles. The molecule has 1 rings (SSSR count). The molecule has 1 unspecified atom stereocenters. The molecule has 0 aliphatic heterocycles. The van der Waals surface area contributed by atoms with E-state index in [1.54, 1.807) is 0 Å². The highest BCUT2D eigenvalue weighted by atomic mass is 127. The van der Waals surface area contributed by atoms with Gasteiger partial charge in [0, 0.05) is 0 Å². The van der Waals surface area contributed by atoms with E-state index in [9.17, 15) is 8.76 Å². The van der Waals surface area contributed by atoms with Gasteiger partial charge in [0.15, 0.2) is 0.760 Å². The molecule has 0 aliphatic carbocycles. The van der Waals surface area contributed by atoms with Gasteiger partial charge in [-0.3, -0.25) is 4.21 Å². The Hall–Kier alpha value is 0.790. The van der Waals surface area contributed by atoms with Gasteiger partial charge in [-0.2, -0.15) is 0 Å². The summed E-state index contributed by atoms with van der Waals surface area (Å²) >= 11 is 1.79. The summed E-state index contributed by atoms with van der Waals surface area (Å²) in [5.74, 6) is 0. The predicted molar refractivity (Wildman–Crippen MR) is 88.5 cm³/mol. The van der Waals surface area contributed by atoms with Crippen molar-refractivity contribution in [3.05, 3.63) is 34.9 Å². The third kappa shape index (κ3) is 3.63. The second kappa shape index (κ2) is 5.42. The molecule has 0 N–H and O–H groups in total. The Bertz CT molecular complexity index is 450. The molecule has 1 atom stereocenters. The van der Waals surface area contributed by atoms with Gasteiger partial charge in [0.25, 0.3) is 0 Å². The Morgan fingerprint density at radius 3 is 2.12 bits per heavy atom. The second-order valence-corrected chi connectivity index (χ2v) is 12.9. The van der Waals surface area contributed by atoms with Crippen LogP contribution < -0.4 is 0 Å². The first-order valence-corrected chi connectivity index (χ1v) is 8.39. The summed E-state index contributed by atoms with van der Waals surface area (Å²) in [4.78, 5) is 0. The molecule has 0 amide bonds. The van der Waals surface area contributed by atoms with E-state index < -0.39 is 11.8 Å². The number of hydrogen-bond donors (Lipinski definition) is 0. The van der Waals surface area contributed by atoms with Crippen molar-refractivity contribution in [3.63, 3.8) is 0 Å². The number of aryl methyl sites for hydroxylation is 1. The van der Waals surface area contributed by atoms with Gasteiger partial charge in [-0.1, -0.05) is 39.0 Å². The minimum atomic E-state index is -2.14. The van der Waals surface area contributed by atoms with E-state index in [2.05, 4.69) is 26.8 Å². The average molecular weight is 477 g/mol. The van der Waals surface area contributed by atoms with Crippen LogP contribution in [0, 0.1) is 6.92 Å². The van der Waals surface area contributed by atoms with Crippen LogP contribution >= 0.6 is 45.2 Å². The molecule has 0 spiro atoms. The molecule has 17 heavy (non-hydrogen) atoms. The lowest BCUT2D eigenvalue weighted by Crippen LogP contribution is -2.18. The van der Waals surface area contributed by atoms with E-state index in [4.69, 9.17) is 0 Å². The number of halogens is 2. The lowest BCUT2D eigenvalue weighted by atomic mass is 9.85. The fourth-order valence-corrected chi connectivity index (χ4v) is 3.17. The van der Waals surface area contributed by atoms with Crippen LogP contribution in [0.4, 0.5) is 0 Å². The second-order valence-electron chi connectivity index (χ2n) is 5.03. The molecule has 1 aromatic rings. The zero-order valence-electron chi connectivity index (χ0n) is 10.2. The van der Waals surface area contributed by atoms with E-state index in [0.717, 1.165) is 11.1 Å². The van der Waals surface area contributed by atoms with Crippen molar-refractivity contribution in [3.8, 4) is 0 Å². The van der Waals surface area contributed by atoms with Gasteiger partial charge in [-0.25, -0.2) is 0 Å². The van der Waals surface area contributed by atoms with Gasteiger partial charge < -0.3 is 4.55 Å². The summed E-state index contributed by atoms with van der Waals surface area (Å²) in [6.07, 6.45) is 0. The van der Waals surface area contributed by atoms with Crippen molar-refractivity contribution in [2.45, 2.75) is 33.9 Å². The predicted octanol–water partition coefficient (Wildman–Crippen LogP) is 4.15. The Morgan fingerprint density at radius 1 is 1.24 bits per heavy atom. The smallest absolute Gasteiger partial charge is 0.159 e. The molecule has 1 aromatic carbocycles. The normalized spacial score (nSPS) is 14.8. The van der Waals surface area contributed by atoms with E-state index in [0.29, 0.717) is 0 Å². The van der Waals surface area contributed by atoms with E-state index in [1.807, 2.05) is 64.2 Å². The molecule has 0 saturated heterocycles. The van der Waals surface area contributed by atoms with Crippen molar-refractivity contribution in [2.75, 3.05) is 0 Å². The molecule has 0 aliphatic rings. The maximum absolute atomic E-state index is 11.2. The fraction of sp³-hybridized carbons (Fsp3) is 0.500. The SMILES string of the molecule is Cc1cc(C(C)(C)C)ccc1C(I)(I)S(=O)[O-]. The van der Waals surface area contributed by atoms with Gasteiger partial charge in [-0.15, -0.1) is 0 Å². The van der Waals surface area contributed by atoms with Crippen molar-refractivity contribution in [2.24, 2.45) is 0 Å². The molecule has 0 saturated carbocycles. The van der Waals surface area contributed by atoms with Gasteiger partial charge in [-0.05, 0) is 85.3 Å². The summed E-state index contributed by atoms with van der Waals surface area (Å²) in [6, 6.07) is 6.01. The first kappa shape index (κ1) is 15.8. The molecule has 96 valence electrons. The highest BCUT2D eigenvalue weighted by Gasteiger charge is 2.28. The maximum atomic E-state index is 11.2. The quantitative estimate of drug-likeness (QED) is 0.365. The minimum Gasteiger partial charge on any atom is -0.770 e. The maximum Gasteiger partial charge on any atom is 0.159 e. The summed E-state index contributed by atoms with van der Waals surface area (Å²) in [5, 5.41) is 0. The summed E-state index contributed by atoms with van der Waals surface area (Å²) in [5.41, 5.74) is 3.17. The fourth-order valence-electron chi connectivity index (χ4n) is 1.55. The van der Waals surface area contributed by atoms with Crippen LogP contribution in [0.3, 0.4) is 0 Å². The standard InChI is InChI=1S/C12H16I2O2S/c1-8-7-9(11(2,3)4)5-6-10(8)12(13,14)17(15)16/h5-7H,1-4H3,(H,15,16)/p-1. The number of benzene rings is 1. The van der Waals surface area contributed by atoms with E-state index >= 15 is 0 Å². The van der Waals surface area contributed by atoms with Crippen LogP contribution in [0.25, 0.3) is 0 Å². The van der Waals surface area contributed by atoms with Gasteiger partial charge in [0.2, 0.25) is 0 Å². The largest absolute Gasteiger partial charge is 0.770 e. The zero-order valence-corrected chi connectivity index (χ0v) is 15.3. The zero-order chi connectivity index (χ0) is 13.4. The summed E-state index contributed by atoms with van der Waals surface area (Å²) < 4.78 is 21.6. The van der Waals surface area contributed by atoms with Crippen molar-refractivity contribution < 1.29 is 8.76 Å². The Balaban J connectivity index is 3.29. The Morgan fingerprint density at radius 2 is 1.76 bits per heavy atom. The molecule has 5 heteroatoms. The van der Waals surface area contributed by atoms with Crippen LogP contribution in [0.15, 0.2) is 18.2 Å². The Labute approximate surface area is 133 Å². The third-order valence-corrected chi connectivity index (χ3v) is 6.57. The van der Waals surface area contributed by atoms with Crippen LogP contribution in [0.2, 0.25) is 0 Å². The average Bonchev–Trinajstić information content (AvgIpc) is 2.15. The number of alkyl halides is 2. The molecule has 0 aromatic heterocycles. The van der Waals surface area contributed by atoms with Gasteiger partial charge in [0.05, 0.1) is 0 Å².